The largest absolute Gasteiger partial charge is 0.382 e. The van der Waals surface area contributed by atoms with E-state index in [4.69, 9.17) is 11.6 Å². The number of alkyl halides is 1. The predicted molar refractivity (Wildman–Crippen MR) is 69.1 cm³/mol. The minimum Gasteiger partial charge on any atom is -0.382 e. The molecule has 1 fully saturated rings. The van der Waals surface area contributed by atoms with Crippen LogP contribution in [0.2, 0.25) is 0 Å². The number of aryl methyl sites for hydroxylation is 1. The van der Waals surface area contributed by atoms with E-state index >= 15 is 0 Å². The normalized spacial score (nSPS) is 25.4. The number of halogens is 1. The van der Waals surface area contributed by atoms with Crippen LogP contribution in [0.1, 0.15) is 31.4 Å². The van der Waals surface area contributed by atoms with E-state index in [0.29, 0.717) is 12.0 Å². The standard InChI is InChI=1S/C13H19ClN2/c1-10-8-12(6-7-15-10)16-13-5-3-2-4-11(13)9-14/h6-8,11,13H,2-5,9H2,1H3,(H,15,16). The van der Waals surface area contributed by atoms with E-state index in [0.717, 1.165) is 11.6 Å². The van der Waals surface area contributed by atoms with Crippen molar-refractivity contribution in [3.63, 3.8) is 0 Å². The summed E-state index contributed by atoms with van der Waals surface area (Å²) in [5, 5.41) is 3.60. The Balaban J connectivity index is 2.02. The Bertz CT molecular complexity index is 340. The highest BCUT2D eigenvalue weighted by molar-refractivity contribution is 6.18. The second kappa shape index (κ2) is 5.53. The molecule has 1 aliphatic rings. The molecule has 0 radical (unpaired) electrons. The number of hydrogen-bond donors (Lipinski definition) is 1. The van der Waals surface area contributed by atoms with Gasteiger partial charge < -0.3 is 5.32 Å². The predicted octanol–water partition coefficient (Wildman–Crippen LogP) is 3.60. The summed E-state index contributed by atoms with van der Waals surface area (Å²) in [4.78, 5) is 4.21. The van der Waals surface area contributed by atoms with Gasteiger partial charge in [0.1, 0.15) is 0 Å². The van der Waals surface area contributed by atoms with Gasteiger partial charge in [0.15, 0.2) is 0 Å². The molecule has 16 heavy (non-hydrogen) atoms. The van der Waals surface area contributed by atoms with E-state index in [9.17, 15) is 0 Å². The molecule has 0 bridgehead atoms. The lowest BCUT2D eigenvalue weighted by atomic mass is 9.85. The Morgan fingerprint density at radius 2 is 2.25 bits per heavy atom. The fraction of sp³-hybridized carbons (Fsp3) is 0.615. The number of hydrogen-bond acceptors (Lipinski definition) is 2. The molecular formula is C13H19ClN2. The van der Waals surface area contributed by atoms with Crippen LogP contribution in [0.4, 0.5) is 5.69 Å². The average Bonchev–Trinajstić information content (AvgIpc) is 2.30. The molecule has 88 valence electrons. The van der Waals surface area contributed by atoms with Gasteiger partial charge in [-0.05, 0) is 37.8 Å². The molecule has 3 heteroatoms. The Labute approximate surface area is 102 Å². The van der Waals surface area contributed by atoms with Crippen molar-refractivity contribution in [1.29, 1.82) is 0 Å². The highest BCUT2D eigenvalue weighted by Crippen LogP contribution is 2.28. The van der Waals surface area contributed by atoms with Crippen molar-refractivity contribution in [2.24, 2.45) is 5.92 Å². The van der Waals surface area contributed by atoms with Gasteiger partial charge in [-0.1, -0.05) is 12.8 Å². The molecular weight excluding hydrogens is 220 g/mol. The van der Waals surface area contributed by atoms with Gasteiger partial charge in [-0.25, -0.2) is 0 Å². The summed E-state index contributed by atoms with van der Waals surface area (Å²) >= 11 is 6.02. The molecule has 1 saturated carbocycles. The fourth-order valence-corrected chi connectivity index (χ4v) is 2.80. The van der Waals surface area contributed by atoms with Crippen molar-refractivity contribution in [2.45, 2.75) is 38.6 Å². The quantitative estimate of drug-likeness (QED) is 0.814. The number of anilines is 1. The summed E-state index contributed by atoms with van der Waals surface area (Å²) in [5.41, 5.74) is 2.23. The van der Waals surface area contributed by atoms with Gasteiger partial charge in [-0.15, -0.1) is 11.6 Å². The fourth-order valence-electron chi connectivity index (χ4n) is 2.43. The third kappa shape index (κ3) is 2.88. The first-order chi connectivity index (χ1) is 7.79. The van der Waals surface area contributed by atoms with E-state index < -0.39 is 0 Å². The van der Waals surface area contributed by atoms with Crippen LogP contribution in [-0.2, 0) is 0 Å². The van der Waals surface area contributed by atoms with Crippen LogP contribution in [0.25, 0.3) is 0 Å². The molecule has 0 amide bonds. The summed E-state index contributed by atoms with van der Waals surface area (Å²) in [6.45, 7) is 2.02. The molecule has 1 heterocycles. The van der Waals surface area contributed by atoms with Crippen LogP contribution in [0.3, 0.4) is 0 Å². The van der Waals surface area contributed by atoms with Crippen molar-refractivity contribution in [1.82, 2.24) is 4.98 Å². The summed E-state index contributed by atoms with van der Waals surface area (Å²) in [7, 11) is 0. The SMILES string of the molecule is Cc1cc(NC2CCCCC2CCl)ccn1. The lowest BCUT2D eigenvalue weighted by Crippen LogP contribution is -2.33. The summed E-state index contributed by atoms with van der Waals surface area (Å²) in [6.07, 6.45) is 6.99. The van der Waals surface area contributed by atoms with E-state index in [2.05, 4.69) is 16.4 Å². The third-order valence-electron chi connectivity index (χ3n) is 3.36. The number of nitrogens with one attached hydrogen (secondary N) is 1. The van der Waals surface area contributed by atoms with Gasteiger partial charge in [0, 0.05) is 29.5 Å². The zero-order valence-corrected chi connectivity index (χ0v) is 10.5. The smallest absolute Gasteiger partial charge is 0.0393 e. The summed E-state index contributed by atoms with van der Waals surface area (Å²) in [6, 6.07) is 4.67. The van der Waals surface area contributed by atoms with Crippen LogP contribution in [0.15, 0.2) is 18.3 Å². The van der Waals surface area contributed by atoms with Gasteiger partial charge in [0.05, 0.1) is 0 Å². The Kier molecular flexibility index (Phi) is 4.05. The maximum atomic E-state index is 6.02. The molecule has 1 aliphatic carbocycles. The molecule has 2 nitrogen and oxygen atoms in total. The van der Waals surface area contributed by atoms with Crippen LogP contribution in [0.5, 0.6) is 0 Å². The van der Waals surface area contributed by atoms with Crippen molar-refractivity contribution in [2.75, 3.05) is 11.2 Å². The minimum atomic E-state index is 0.535. The number of nitrogens with zero attached hydrogens (tertiary/aromatic N) is 1. The van der Waals surface area contributed by atoms with Gasteiger partial charge >= 0.3 is 0 Å². The topological polar surface area (TPSA) is 24.9 Å². The molecule has 0 saturated heterocycles. The molecule has 1 N–H and O–H groups in total. The molecule has 2 unspecified atom stereocenters. The van der Waals surface area contributed by atoms with Gasteiger partial charge in [0.25, 0.3) is 0 Å². The van der Waals surface area contributed by atoms with Crippen LogP contribution < -0.4 is 5.32 Å². The monoisotopic (exact) mass is 238 g/mol. The third-order valence-corrected chi connectivity index (χ3v) is 3.75. The highest BCUT2D eigenvalue weighted by atomic mass is 35.5. The zero-order chi connectivity index (χ0) is 11.4. The Hall–Kier alpha value is -0.760. The van der Waals surface area contributed by atoms with Crippen LogP contribution in [0, 0.1) is 12.8 Å². The molecule has 0 spiro atoms. The first-order valence-corrected chi connectivity index (χ1v) is 6.58. The van der Waals surface area contributed by atoms with Gasteiger partial charge in [0.2, 0.25) is 0 Å². The van der Waals surface area contributed by atoms with Crippen LogP contribution in [-0.4, -0.2) is 16.9 Å². The molecule has 0 aromatic carbocycles. The first-order valence-electron chi connectivity index (χ1n) is 6.05. The Morgan fingerprint density at radius 3 is 3.00 bits per heavy atom. The first kappa shape index (κ1) is 11.7. The molecule has 1 aromatic rings. The number of rotatable bonds is 3. The molecule has 2 rings (SSSR count). The molecule has 0 aliphatic heterocycles. The lowest BCUT2D eigenvalue weighted by Gasteiger charge is -2.31. The van der Waals surface area contributed by atoms with Crippen molar-refractivity contribution < 1.29 is 0 Å². The number of pyridine rings is 1. The maximum Gasteiger partial charge on any atom is 0.0393 e. The van der Waals surface area contributed by atoms with Crippen LogP contribution >= 0.6 is 11.6 Å². The average molecular weight is 239 g/mol. The maximum absolute atomic E-state index is 6.02. The van der Waals surface area contributed by atoms with E-state index in [1.807, 2.05) is 19.2 Å². The highest BCUT2D eigenvalue weighted by Gasteiger charge is 2.23. The van der Waals surface area contributed by atoms with E-state index in [1.54, 1.807) is 0 Å². The van der Waals surface area contributed by atoms with Crippen molar-refractivity contribution in [3.8, 4) is 0 Å². The molecule has 1 aromatic heterocycles. The number of aromatic nitrogens is 1. The second-order valence-corrected chi connectivity index (χ2v) is 4.94. The minimum absolute atomic E-state index is 0.535. The second-order valence-electron chi connectivity index (χ2n) is 4.64. The van der Waals surface area contributed by atoms with E-state index in [1.165, 1.54) is 31.4 Å². The molecule has 2 atom stereocenters. The van der Waals surface area contributed by atoms with Crippen molar-refractivity contribution >= 4 is 17.3 Å². The summed E-state index contributed by atoms with van der Waals surface area (Å²) in [5.74, 6) is 1.38. The van der Waals surface area contributed by atoms with Gasteiger partial charge in [-0.2, -0.15) is 0 Å². The zero-order valence-electron chi connectivity index (χ0n) is 9.75. The summed E-state index contributed by atoms with van der Waals surface area (Å²) < 4.78 is 0. The Morgan fingerprint density at radius 1 is 1.44 bits per heavy atom. The lowest BCUT2D eigenvalue weighted by molar-refractivity contribution is 0.353. The van der Waals surface area contributed by atoms with Crippen molar-refractivity contribution in [3.05, 3.63) is 24.0 Å². The van der Waals surface area contributed by atoms with Gasteiger partial charge in [-0.3, -0.25) is 4.98 Å². The van der Waals surface area contributed by atoms with E-state index in [-0.39, 0.29) is 0 Å².